The Kier molecular flexibility index (Phi) is 5.89. The predicted octanol–water partition coefficient (Wildman–Crippen LogP) is -0.157. The molecule has 1 aromatic carbocycles. The second kappa shape index (κ2) is 8.30. The molecule has 2 saturated heterocycles. The number of carbonyl (C=O) groups excluding carboxylic acids is 2. The molecule has 3 heterocycles. The van der Waals surface area contributed by atoms with E-state index in [-0.39, 0.29) is 11.8 Å². The van der Waals surface area contributed by atoms with Crippen LogP contribution in [0.25, 0.3) is 0 Å². The highest BCUT2D eigenvalue weighted by molar-refractivity contribution is 6.62. The Morgan fingerprint density at radius 3 is 2.70 bits per heavy atom. The molecule has 162 valence electrons. The maximum Gasteiger partial charge on any atom is 0.492 e. The van der Waals surface area contributed by atoms with Crippen molar-refractivity contribution >= 4 is 24.5 Å². The number of nitrogens with zero attached hydrogens (tertiary/aromatic N) is 1. The van der Waals surface area contributed by atoms with Crippen LogP contribution in [-0.2, 0) is 25.5 Å². The Hall–Kier alpha value is -1.94. The Labute approximate surface area is 177 Å². The number of nitrogens with one attached hydrogen (secondary N) is 1. The van der Waals surface area contributed by atoms with Crippen LogP contribution in [0.3, 0.4) is 0 Å². The molecule has 0 aliphatic carbocycles. The molecular weight excluding hydrogens is 387 g/mol. The molecule has 0 saturated carbocycles. The topological polar surface area (TPSA) is 97.3 Å². The molecule has 0 aromatic heterocycles. The van der Waals surface area contributed by atoms with Gasteiger partial charge in [-0.1, -0.05) is 19.9 Å². The van der Waals surface area contributed by atoms with Crippen LogP contribution in [0.15, 0.2) is 12.1 Å². The van der Waals surface area contributed by atoms with Gasteiger partial charge in [-0.2, -0.15) is 0 Å². The second-order valence-electron chi connectivity index (χ2n) is 9.04. The number of hydrogen-bond acceptors (Lipinski definition) is 7. The number of hydrogen-bond donors (Lipinski definition) is 2. The van der Waals surface area contributed by atoms with E-state index in [1.165, 1.54) is 0 Å². The molecule has 1 amide bonds. The normalized spacial score (nSPS) is 20.5. The smallest absolute Gasteiger partial charge is 0.463 e. The molecule has 1 atom stereocenters. The Morgan fingerprint density at radius 2 is 2.07 bits per heavy atom. The van der Waals surface area contributed by atoms with Crippen molar-refractivity contribution in [1.29, 1.82) is 0 Å². The van der Waals surface area contributed by atoms with Crippen molar-refractivity contribution in [3.63, 3.8) is 0 Å². The zero-order chi connectivity index (χ0) is 21.5. The Bertz CT molecular complexity index is 833. The summed E-state index contributed by atoms with van der Waals surface area (Å²) in [6.07, 6.45) is 0. The van der Waals surface area contributed by atoms with Gasteiger partial charge in [0.05, 0.1) is 19.8 Å². The molecule has 1 aromatic rings. The predicted molar refractivity (Wildman–Crippen MR) is 110 cm³/mol. The van der Waals surface area contributed by atoms with Gasteiger partial charge in [0.15, 0.2) is 0 Å². The van der Waals surface area contributed by atoms with Crippen LogP contribution in [0.1, 0.15) is 35.3 Å². The van der Waals surface area contributed by atoms with Crippen molar-refractivity contribution < 1.29 is 28.7 Å². The van der Waals surface area contributed by atoms with E-state index in [9.17, 15) is 14.6 Å². The summed E-state index contributed by atoms with van der Waals surface area (Å²) in [4.78, 5) is 27.8. The quantitative estimate of drug-likeness (QED) is 0.471. The molecule has 0 unspecified atom stereocenters. The minimum atomic E-state index is -1.02. The summed E-state index contributed by atoms with van der Waals surface area (Å²) in [5.74, 6) is -0.910. The van der Waals surface area contributed by atoms with Gasteiger partial charge in [0, 0.05) is 30.6 Å². The number of ether oxygens (including phenoxy) is 2. The first-order valence-corrected chi connectivity index (χ1v) is 10.5. The van der Waals surface area contributed by atoms with Crippen molar-refractivity contribution in [2.45, 2.75) is 33.4 Å². The van der Waals surface area contributed by atoms with Crippen LogP contribution in [0.5, 0.6) is 0 Å². The number of likely N-dealkylation sites (tertiary alicyclic amines) is 1. The van der Waals surface area contributed by atoms with Gasteiger partial charge in [-0.15, -0.1) is 0 Å². The first kappa shape index (κ1) is 21.3. The number of fused-ring (bicyclic) bond motifs is 1. The molecule has 3 aliphatic rings. The van der Waals surface area contributed by atoms with Crippen molar-refractivity contribution in [2.24, 2.45) is 11.3 Å². The fourth-order valence-electron chi connectivity index (χ4n) is 4.47. The number of benzene rings is 1. The summed E-state index contributed by atoms with van der Waals surface area (Å²) in [5.41, 5.74) is 2.93. The largest absolute Gasteiger partial charge is 0.492 e. The molecule has 9 heteroatoms. The average Bonchev–Trinajstić information content (AvgIpc) is 3.01. The van der Waals surface area contributed by atoms with E-state index in [1.807, 2.05) is 13.8 Å². The summed E-state index contributed by atoms with van der Waals surface area (Å²) in [6.45, 7) is 10.5. The van der Waals surface area contributed by atoms with Crippen LogP contribution >= 0.6 is 0 Å². The van der Waals surface area contributed by atoms with Crippen molar-refractivity contribution in [3.05, 3.63) is 28.8 Å². The molecule has 2 N–H and O–H groups in total. The lowest BCUT2D eigenvalue weighted by molar-refractivity contribution is -0.191. The van der Waals surface area contributed by atoms with Gasteiger partial charge < -0.3 is 24.5 Å². The lowest BCUT2D eigenvalue weighted by Gasteiger charge is -2.55. The summed E-state index contributed by atoms with van der Waals surface area (Å²) in [7, 11) is -1.02. The number of esters is 1. The van der Waals surface area contributed by atoms with Gasteiger partial charge >= 0.3 is 13.1 Å². The van der Waals surface area contributed by atoms with Crippen LogP contribution < -0.4 is 10.8 Å². The zero-order valence-electron chi connectivity index (χ0n) is 17.8. The Morgan fingerprint density at radius 1 is 1.33 bits per heavy atom. The van der Waals surface area contributed by atoms with Crippen molar-refractivity contribution in [1.82, 2.24) is 10.2 Å². The lowest BCUT2D eigenvalue weighted by Crippen LogP contribution is -2.66. The zero-order valence-corrected chi connectivity index (χ0v) is 17.8. The van der Waals surface area contributed by atoms with Gasteiger partial charge in [-0.3, -0.25) is 9.69 Å². The van der Waals surface area contributed by atoms with Crippen LogP contribution in [-0.4, -0.2) is 74.4 Å². The van der Waals surface area contributed by atoms with Gasteiger partial charge in [-0.25, -0.2) is 4.79 Å². The third-order valence-corrected chi connectivity index (χ3v) is 6.29. The monoisotopic (exact) mass is 416 g/mol. The van der Waals surface area contributed by atoms with Crippen molar-refractivity contribution in [3.8, 4) is 0 Å². The van der Waals surface area contributed by atoms with Gasteiger partial charge in [0.25, 0.3) is 5.91 Å². The summed E-state index contributed by atoms with van der Waals surface area (Å²) in [5, 5.41) is 12.8. The maximum absolute atomic E-state index is 12.9. The van der Waals surface area contributed by atoms with E-state index < -0.39 is 19.1 Å². The average molecular weight is 416 g/mol. The first-order chi connectivity index (χ1) is 14.3. The van der Waals surface area contributed by atoms with E-state index in [1.54, 1.807) is 19.1 Å². The minimum Gasteiger partial charge on any atom is -0.463 e. The summed E-state index contributed by atoms with van der Waals surface area (Å²) >= 11 is 0. The van der Waals surface area contributed by atoms with Crippen LogP contribution in [0.4, 0.5) is 0 Å². The Balaban J connectivity index is 1.32. The molecular formula is C21H29BN2O6. The molecule has 3 aliphatic heterocycles. The third-order valence-electron chi connectivity index (χ3n) is 6.29. The van der Waals surface area contributed by atoms with E-state index in [2.05, 4.69) is 10.2 Å². The minimum absolute atomic E-state index is 0.121. The molecule has 4 rings (SSSR count). The van der Waals surface area contributed by atoms with E-state index in [4.69, 9.17) is 14.1 Å². The van der Waals surface area contributed by atoms with Crippen molar-refractivity contribution in [2.75, 3.05) is 39.5 Å². The second-order valence-corrected chi connectivity index (χ2v) is 9.04. The van der Waals surface area contributed by atoms with E-state index in [0.29, 0.717) is 41.8 Å². The fourth-order valence-corrected chi connectivity index (χ4v) is 4.47. The highest BCUT2D eigenvalue weighted by Gasteiger charge is 2.48. The van der Waals surface area contributed by atoms with Crippen LogP contribution in [0, 0.1) is 18.3 Å². The number of carbonyl (C=O) groups is 2. The SMILES string of the molecule is Cc1c(C(=O)N[C@H](C(=O)OCCN2CC3(COC3)C2)C(C)C)ccc2c1B(O)OC2. The highest BCUT2D eigenvalue weighted by atomic mass is 16.5. The standard InChI is InChI=1S/C21H29BN2O6/c1-13(2)18(20(26)29-7-6-24-9-21(10-24)11-28-12-21)23-19(25)16-5-4-15-8-30-22(27)17(15)14(16)3/h4-5,13,18,27H,6-12H2,1-3H3,(H,23,25)/t18-/m0/s1. The van der Waals surface area contributed by atoms with Gasteiger partial charge in [-0.05, 0) is 35.5 Å². The first-order valence-electron chi connectivity index (χ1n) is 10.5. The summed E-state index contributed by atoms with van der Waals surface area (Å²) in [6, 6.07) is 2.75. The maximum atomic E-state index is 12.9. The van der Waals surface area contributed by atoms with Crippen LogP contribution in [0.2, 0.25) is 0 Å². The number of rotatable bonds is 7. The third kappa shape index (κ3) is 3.99. The molecule has 0 bridgehead atoms. The molecule has 30 heavy (non-hydrogen) atoms. The molecule has 8 nitrogen and oxygen atoms in total. The number of amides is 1. The van der Waals surface area contributed by atoms with Gasteiger partial charge in [0.1, 0.15) is 12.6 Å². The fraction of sp³-hybridized carbons (Fsp3) is 0.619. The highest BCUT2D eigenvalue weighted by Crippen LogP contribution is 2.37. The lowest BCUT2D eigenvalue weighted by atomic mass is 9.75. The molecule has 0 radical (unpaired) electrons. The molecule has 1 spiro atoms. The van der Waals surface area contributed by atoms with E-state index in [0.717, 1.165) is 31.9 Å². The summed E-state index contributed by atoms with van der Waals surface area (Å²) < 4.78 is 16.0. The van der Waals surface area contributed by atoms with E-state index >= 15 is 0 Å². The van der Waals surface area contributed by atoms with Gasteiger partial charge in [0.2, 0.25) is 0 Å². The molecule has 2 fully saturated rings.